The number of unbranched alkanes of at least 4 members (excludes halogenated alkanes) is 2. The van der Waals surface area contributed by atoms with Gasteiger partial charge in [0.05, 0.1) is 0 Å². The molecule has 1 N–H and O–H groups in total. The van der Waals surface area contributed by atoms with Crippen molar-refractivity contribution in [2.75, 3.05) is 20.1 Å². The highest BCUT2D eigenvalue weighted by molar-refractivity contribution is 4.77. The summed E-state index contributed by atoms with van der Waals surface area (Å²) in [4.78, 5) is 2.56. The van der Waals surface area contributed by atoms with E-state index in [1.165, 1.54) is 45.1 Å². The molecule has 96 valence electrons. The van der Waals surface area contributed by atoms with E-state index in [1.54, 1.807) is 0 Å². The number of hydrogen-bond donors (Lipinski definition) is 1. The molecule has 0 unspecified atom stereocenters. The van der Waals surface area contributed by atoms with Crippen molar-refractivity contribution in [3.05, 3.63) is 0 Å². The average Bonchev–Trinajstić information content (AvgIpc) is 2.06. The maximum atomic E-state index is 3.54. The Bertz CT molecular complexity index is 180. The molecule has 16 heavy (non-hydrogen) atoms. The van der Waals surface area contributed by atoms with E-state index in [0.717, 1.165) is 12.6 Å². The van der Waals surface area contributed by atoms with Crippen molar-refractivity contribution >= 4 is 0 Å². The molecule has 0 aromatic heterocycles. The van der Waals surface area contributed by atoms with Gasteiger partial charge in [-0.1, -0.05) is 12.8 Å². The van der Waals surface area contributed by atoms with Gasteiger partial charge < -0.3 is 10.2 Å². The van der Waals surface area contributed by atoms with Crippen molar-refractivity contribution in [2.45, 2.75) is 70.9 Å². The van der Waals surface area contributed by atoms with E-state index in [9.17, 15) is 0 Å². The van der Waals surface area contributed by atoms with Crippen LogP contribution in [0.15, 0.2) is 0 Å². The lowest BCUT2D eigenvalue weighted by atomic mass is 9.92. The summed E-state index contributed by atoms with van der Waals surface area (Å²) in [6.07, 6.45) is 8.35. The van der Waals surface area contributed by atoms with Gasteiger partial charge in [-0.25, -0.2) is 0 Å². The molecule has 0 radical (unpaired) electrons. The molecule has 1 fully saturated rings. The molecule has 2 nitrogen and oxygen atoms in total. The molecular weight excluding hydrogens is 196 g/mol. The molecule has 0 bridgehead atoms. The van der Waals surface area contributed by atoms with Crippen LogP contribution in [-0.4, -0.2) is 36.6 Å². The third kappa shape index (κ3) is 5.86. The summed E-state index contributed by atoms with van der Waals surface area (Å²) in [5, 5.41) is 3.54. The van der Waals surface area contributed by atoms with Crippen molar-refractivity contribution in [3.8, 4) is 0 Å². The number of nitrogens with zero attached hydrogens (tertiary/aromatic N) is 1. The van der Waals surface area contributed by atoms with Crippen LogP contribution in [-0.2, 0) is 0 Å². The lowest BCUT2D eigenvalue weighted by Gasteiger charge is -2.34. The Morgan fingerprint density at radius 2 is 1.81 bits per heavy atom. The Morgan fingerprint density at radius 3 is 2.31 bits per heavy atom. The van der Waals surface area contributed by atoms with E-state index in [2.05, 4.69) is 38.0 Å². The number of hydrogen-bond acceptors (Lipinski definition) is 2. The topological polar surface area (TPSA) is 15.3 Å². The monoisotopic (exact) mass is 226 g/mol. The number of nitrogens with one attached hydrogen (secondary N) is 1. The molecule has 0 aromatic rings. The zero-order chi connectivity index (χ0) is 12.0. The minimum Gasteiger partial charge on any atom is -0.312 e. The molecule has 1 rings (SSSR count). The normalized spacial score (nSPS) is 17.8. The second-order valence-electron chi connectivity index (χ2n) is 6.30. The van der Waals surface area contributed by atoms with Gasteiger partial charge in [-0.05, 0) is 66.6 Å². The Hall–Kier alpha value is -0.0800. The second kappa shape index (κ2) is 6.61. The van der Waals surface area contributed by atoms with Gasteiger partial charge in [0.25, 0.3) is 0 Å². The zero-order valence-corrected chi connectivity index (χ0v) is 11.7. The van der Waals surface area contributed by atoms with Crippen LogP contribution in [0.3, 0.4) is 0 Å². The van der Waals surface area contributed by atoms with Gasteiger partial charge in [-0.3, -0.25) is 0 Å². The van der Waals surface area contributed by atoms with Crippen LogP contribution >= 0.6 is 0 Å². The van der Waals surface area contributed by atoms with Crippen LogP contribution in [0, 0.1) is 0 Å². The predicted octanol–water partition coefficient (Wildman–Crippen LogP) is 3.03. The van der Waals surface area contributed by atoms with Gasteiger partial charge >= 0.3 is 0 Å². The maximum Gasteiger partial charge on any atom is 0.00965 e. The third-order valence-electron chi connectivity index (χ3n) is 3.54. The highest BCUT2D eigenvalue weighted by Crippen LogP contribution is 2.23. The molecule has 0 aromatic carbocycles. The molecule has 0 heterocycles. The lowest BCUT2D eigenvalue weighted by molar-refractivity contribution is 0.157. The Kier molecular flexibility index (Phi) is 5.77. The molecule has 0 aliphatic heterocycles. The SMILES string of the molecule is CN(CCCCCNC(C)(C)C)C1CCC1. The quantitative estimate of drug-likeness (QED) is 0.671. The fraction of sp³-hybridized carbons (Fsp3) is 1.00. The molecule has 0 amide bonds. The lowest BCUT2D eigenvalue weighted by Crippen LogP contribution is -2.38. The summed E-state index contributed by atoms with van der Waals surface area (Å²) < 4.78 is 0. The largest absolute Gasteiger partial charge is 0.312 e. The van der Waals surface area contributed by atoms with E-state index in [-0.39, 0.29) is 5.54 Å². The van der Waals surface area contributed by atoms with Gasteiger partial charge in [0.1, 0.15) is 0 Å². The van der Waals surface area contributed by atoms with E-state index in [1.807, 2.05) is 0 Å². The zero-order valence-electron chi connectivity index (χ0n) is 11.7. The molecule has 1 aliphatic carbocycles. The van der Waals surface area contributed by atoms with Crippen molar-refractivity contribution in [1.29, 1.82) is 0 Å². The maximum absolute atomic E-state index is 3.54. The number of rotatable bonds is 7. The second-order valence-corrected chi connectivity index (χ2v) is 6.30. The van der Waals surface area contributed by atoms with Crippen LogP contribution < -0.4 is 5.32 Å². The summed E-state index contributed by atoms with van der Waals surface area (Å²) in [5.41, 5.74) is 0.280. The highest BCUT2D eigenvalue weighted by Gasteiger charge is 2.20. The van der Waals surface area contributed by atoms with Crippen LogP contribution in [0.25, 0.3) is 0 Å². The smallest absolute Gasteiger partial charge is 0.00965 e. The summed E-state index contributed by atoms with van der Waals surface area (Å²) in [5.74, 6) is 0. The summed E-state index contributed by atoms with van der Waals surface area (Å²) in [6, 6.07) is 0.910. The van der Waals surface area contributed by atoms with E-state index < -0.39 is 0 Å². The summed E-state index contributed by atoms with van der Waals surface area (Å²) >= 11 is 0. The minimum atomic E-state index is 0.280. The van der Waals surface area contributed by atoms with Crippen molar-refractivity contribution in [3.63, 3.8) is 0 Å². The van der Waals surface area contributed by atoms with Crippen LogP contribution in [0.4, 0.5) is 0 Å². The summed E-state index contributed by atoms with van der Waals surface area (Å²) in [7, 11) is 2.29. The molecule has 1 aliphatic rings. The van der Waals surface area contributed by atoms with Crippen molar-refractivity contribution in [1.82, 2.24) is 10.2 Å². The minimum absolute atomic E-state index is 0.280. The molecule has 0 atom stereocenters. The van der Waals surface area contributed by atoms with Gasteiger partial charge in [-0.2, -0.15) is 0 Å². The van der Waals surface area contributed by atoms with E-state index in [0.29, 0.717) is 0 Å². The molecule has 2 heteroatoms. The third-order valence-corrected chi connectivity index (χ3v) is 3.54. The van der Waals surface area contributed by atoms with Crippen LogP contribution in [0.2, 0.25) is 0 Å². The van der Waals surface area contributed by atoms with Gasteiger partial charge in [-0.15, -0.1) is 0 Å². The van der Waals surface area contributed by atoms with Crippen LogP contribution in [0.5, 0.6) is 0 Å². The van der Waals surface area contributed by atoms with Gasteiger partial charge in [0.15, 0.2) is 0 Å². The average molecular weight is 226 g/mol. The summed E-state index contributed by atoms with van der Waals surface area (Å²) in [6.45, 7) is 9.16. The standard InChI is InChI=1S/C14H30N2/c1-14(2,3)15-11-6-5-7-12-16(4)13-9-8-10-13/h13,15H,5-12H2,1-4H3. The fourth-order valence-corrected chi connectivity index (χ4v) is 2.14. The highest BCUT2D eigenvalue weighted by atomic mass is 15.1. The Morgan fingerprint density at radius 1 is 1.12 bits per heavy atom. The van der Waals surface area contributed by atoms with E-state index >= 15 is 0 Å². The molecule has 1 saturated carbocycles. The van der Waals surface area contributed by atoms with Crippen LogP contribution in [0.1, 0.15) is 59.3 Å². The van der Waals surface area contributed by atoms with Crippen molar-refractivity contribution < 1.29 is 0 Å². The van der Waals surface area contributed by atoms with Gasteiger partial charge in [0, 0.05) is 11.6 Å². The first kappa shape index (κ1) is 14.0. The predicted molar refractivity (Wildman–Crippen MR) is 71.9 cm³/mol. The van der Waals surface area contributed by atoms with E-state index in [4.69, 9.17) is 0 Å². The van der Waals surface area contributed by atoms with Crippen molar-refractivity contribution in [2.24, 2.45) is 0 Å². The Balaban J connectivity index is 1.87. The molecule has 0 spiro atoms. The van der Waals surface area contributed by atoms with Gasteiger partial charge in [0.2, 0.25) is 0 Å². The first-order valence-corrected chi connectivity index (χ1v) is 6.94. The fourth-order valence-electron chi connectivity index (χ4n) is 2.14. The first-order chi connectivity index (χ1) is 7.49. The Labute approximate surface area is 102 Å². The first-order valence-electron chi connectivity index (χ1n) is 6.94. The molecular formula is C14H30N2. The molecule has 0 saturated heterocycles.